The molecule has 0 aliphatic carbocycles. The Morgan fingerprint density at radius 1 is 1.47 bits per heavy atom. The molecule has 6 heteroatoms. The van der Waals surface area contributed by atoms with E-state index in [0.717, 1.165) is 29.8 Å². The first kappa shape index (κ1) is 10.9. The zero-order valence-corrected chi connectivity index (χ0v) is 10.9. The second-order valence-electron chi connectivity index (χ2n) is 4.21. The zero-order chi connectivity index (χ0) is 11.7. The number of rotatable bonds is 3. The van der Waals surface area contributed by atoms with Crippen molar-refractivity contribution in [2.24, 2.45) is 5.92 Å². The first-order chi connectivity index (χ1) is 8.33. The topological polar surface area (TPSA) is 66.9 Å². The van der Waals surface area contributed by atoms with Gasteiger partial charge in [0.2, 0.25) is 0 Å². The first-order valence-electron chi connectivity index (χ1n) is 5.55. The third-order valence-electron chi connectivity index (χ3n) is 2.90. The molecule has 88 valence electrons. The Bertz CT molecular complexity index is 549. The summed E-state index contributed by atoms with van der Waals surface area (Å²) in [5.74, 6) is 0.553. The van der Waals surface area contributed by atoms with Crippen LogP contribution < -0.4 is 10.6 Å². The number of amides is 1. The summed E-state index contributed by atoms with van der Waals surface area (Å²) in [6, 6.07) is 5.72. The van der Waals surface area contributed by atoms with E-state index in [1.165, 1.54) is 0 Å². The molecule has 0 radical (unpaired) electrons. The summed E-state index contributed by atoms with van der Waals surface area (Å²) in [6.07, 6.45) is 0.582. The number of carbonyl (C=O) groups excluding carboxylic acids is 1. The number of nitrogens with zero attached hydrogens (tertiary/aromatic N) is 2. The van der Waals surface area contributed by atoms with E-state index in [0.29, 0.717) is 12.3 Å². The summed E-state index contributed by atoms with van der Waals surface area (Å²) in [5.41, 5.74) is 2.53. The van der Waals surface area contributed by atoms with Crippen molar-refractivity contribution in [1.82, 2.24) is 13.3 Å². The molecule has 1 fully saturated rings. The molecule has 3 rings (SSSR count). The standard InChI is InChI=1S/C11H12N4OSe/c16-10(4-7-5-12-6-7)13-8-2-1-3-9-11(8)15-17-14-9/h1-3,7,12H,4-6H2,(H,13,16). The van der Waals surface area contributed by atoms with Crippen molar-refractivity contribution < 1.29 is 4.79 Å². The predicted octanol–water partition coefficient (Wildman–Crippen LogP) is 0.235. The SMILES string of the molecule is O=C(CC1CNC1)Nc1cccc2n[se]nc12. The molecule has 0 bridgehead atoms. The van der Waals surface area contributed by atoms with Crippen LogP contribution in [0.5, 0.6) is 0 Å². The average Bonchev–Trinajstić information content (AvgIpc) is 2.73. The molecule has 2 N–H and O–H groups in total. The third-order valence-corrected chi connectivity index (χ3v) is 4.04. The summed E-state index contributed by atoms with van der Waals surface area (Å²) in [4.78, 5) is 11.8. The van der Waals surface area contributed by atoms with Crippen LogP contribution in [0.25, 0.3) is 11.0 Å². The molecule has 0 saturated carbocycles. The molecule has 0 atom stereocenters. The molecular weight excluding hydrogens is 283 g/mol. The second kappa shape index (κ2) is 4.56. The number of anilines is 1. The van der Waals surface area contributed by atoms with Crippen molar-refractivity contribution >= 4 is 37.6 Å². The molecule has 2 heterocycles. The monoisotopic (exact) mass is 296 g/mol. The maximum absolute atomic E-state index is 11.8. The molecule has 1 amide bonds. The van der Waals surface area contributed by atoms with E-state index in [1.807, 2.05) is 18.2 Å². The zero-order valence-electron chi connectivity index (χ0n) is 9.14. The van der Waals surface area contributed by atoms with E-state index < -0.39 is 0 Å². The Morgan fingerprint density at radius 2 is 2.35 bits per heavy atom. The Hall–Kier alpha value is -1.23. The van der Waals surface area contributed by atoms with Crippen LogP contribution in [0.4, 0.5) is 5.69 Å². The third kappa shape index (κ3) is 2.24. The summed E-state index contributed by atoms with van der Waals surface area (Å²) >= 11 is -0.0545. The van der Waals surface area contributed by atoms with E-state index in [1.54, 1.807) is 0 Å². The van der Waals surface area contributed by atoms with Gasteiger partial charge in [-0.15, -0.1) is 0 Å². The number of aromatic nitrogens is 2. The number of benzene rings is 1. The molecule has 1 aliphatic heterocycles. The van der Waals surface area contributed by atoms with Gasteiger partial charge in [-0.1, -0.05) is 0 Å². The van der Waals surface area contributed by atoms with Crippen molar-refractivity contribution in [2.45, 2.75) is 6.42 Å². The van der Waals surface area contributed by atoms with Gasteiger partial charge < -0.3 is 0 Å². The minimum absolute atomic E-state index is 0.0545. The summed E-state index contributed by atoms with van der Waals surface area (Å²) in [6.45, 7) is 1.90. The molecule has 17 heavy (non-hydrogen) atoms. The summed E-state index contributed by atoms with van der Waals surface area (Å²) < 4.78 is 8.62. The van der Waals surface area contributed by atoms with Crippen LogP contribution in [0.15, 0.2) is 18.2 Å². The van der Waals surface area contributed by atoms with Crippen LogP contribution in [0, 0.1) is 5.92 Å². The van der Waals surface area contributed by atoms with Gasteiger partial charge in [0.25, 0.3) is 0 Å². The van der Waals surface area contributed by atoms with Crippen LogP contribution in [-0.4, -0.2) is 41.9 Å². The number of carbonyl (C=O) groups is 1. The maximum atomic E-state index is 11.8. The van der Waals surface area contributed by atoms with Crippen LogP contribution in [0.3, 0.4) is 0 Å². The number of hydrogen-bond donors (Lipinski definition) is 2. The summed E-state index contributed by atoms with van der Waals surface area (Å²) in [7, 11) is 0. The Kier molecular flexibility index (Phi) is 2.92. The fraction of sp³-hybridized carbons (Fsp3) is 0.364. The van der Waals surface area contributed by atoms with Gasteiger partial charge >= 0.3 is 105 Å². The Labute approximate surface area is 105 Å². The van der Waals surface area contributed by atoms with Crippen molar-refractivity contribution in [3.63, 3.8) is 0 Å². The summed E-state index contributed by atoms with van der Waals surface area (Å²) in [5, 5.41) is 6.09. The first-order valence-corrected chi connectivity index (χ1v) is 7.08. The van der Waals surface area contributed by atoms with Crippen LogP contribution in [0.1, 0.15) is 6.42 Å². The molecule has 1 aliphatic rings. The van der Waals surface area contributed by atoms with Gasteiger partial charge in [-0.3, -0.25) is 0 Å². The van der Waals surface area contributed by atoms with Gasteiger partial charge in [-0.2, -0.15) is 0 Å². The van der Waals surface area contributed by atoms with Gasteiger partial charge in [0.1, 0.15) is 0 Å². The molecule has 1 saturated heterocycles. The van der Waals surface area contributed by atoms with E-state index in [4.69, 9.17) is 0 Å². The van der Waals surface area contributed by atoms with Crippen LogP contribution >= 0.6 is 0 Å². The van der Waals surface area contributed by atoms with Gasteiger partial charge in [-0.05, 0) is 0 Å². The molecule has 2 aromatic rings. The van der Waals surface area contributed by atoms with Gasteiger partial charge in [0.15, 0.2) is 0 Å². The fourth-order valence-electron chi connectivity index (χ4n) is 1.86. The molecule has 5 nitrogen and oxygen atoms in total. The molecule has 0 spiro atoms. The Morgan fingerprint density at radius 3 is 3.12 bits per heavy atom. The van der Waals surface area contributed by atoms with Crippen LogP contribution in [-0.2, 0) is 4.79 Å². The average molecular weight is 295 g/mol. The predicted molar refractivity (Wildman–Crippen MR) is 66.1 cm³/mol. The molecule has 0 unspecified atom stereocenters. The second-order valence-corrected chi connectivity index (χ2v) is 5.32. The Balaban J connectivity index is 1.75. The van der Waals surface area contributed by atoms with Gasteiger partial charge in [-0.25, -0.2) is 0 Å². The molecular formula is C11H12N4OSe. The van der Waals surface area contributed by atoms with E-state index in [9.17, 15) is 4.79 Å². The normalized spacial score (nSPS) is 15.8. The van der Waals surface area contributed by atoms with E-state index in [-0.39, 0.29) is 20.9 Å². The molecule has 1 aromatic heterocycles. The molecule has 1 aromatic carbocycles. The fourth-order valence-corrected chi connectivity index (χ4v) is 3.02. The van der Waals surface area contributed by atoms with Crippen molar-refractivity contribution in [2.75, 3.05) is 18.4 Å². The quantitative estimate of drug-likeness (QED) is 0.796. The van der Waals surface area contributed by atoms with E-state index >= 15 is 0 Å². The minimum atomic E-state index is -0.0545. The number of hydrogen-bond acceptors (Lipinski definition) is 4. The van der Waals surface area contributed by atoms with Crippen molar-refractivity contribution in [3.05, 3.63) is 18.2 Å². The number of fused-ring (bicyclic) bond motifs is 1. The van der Waals surface area contributed by atoms with Crippen LogP contribution in [0.2, 0.25) is 0 Å². The van der Waals surface area contributed by atoms with Gasteiger partial charge in [0.05, 0.1) is 0 Å². The van der Waals surface area contributed by atoms with E-state index in [2.05, 4.69) is 18.6 Å². The number of nitrogens with one attached hydrogen (secondary N) is 2. The van der Waals surface area contributed by atoms with Crippen molar-refractivity contribution in [3.8, 4) is 0 Å². The van der Waals surface area contributed by atoms with Crippen molar-refractivity contribution in [1.29, 1.82) is 0 Å². The van der Waals surface area contributed by atoms with Gasteiger partial charge in [0, 0.05) is 0 Å².